The fourth-order valence-corrected chi connectivity index (χ4v) is 1.49. The predicted molar refractivity (Wildman–Crippen MR) is 69.4 cm³/mol. The van der Waals surface area contributed by atoms with Gasteiger partial charge in [0.2, 0.25) is 0 Å². The van der Waals surface area contributed by atoms with Crippen molar-refractivity contribution < 1.29 is 9.53 Å². The minimum Gasteiger partial charge on any atom is -0.481 e. The molecule has 3 nitrogen and oxygen atoms in total. The van der Waals surface area contributed by atoms with Crippen LogP contribution in [0.15, 0.2) is 36.9 Å². The molecule has 1 aromatic rings. The van der Waals surface area contributed by atoms with Crippen molar-refractivity contribution >= 4 is 17.5 Å². The minimum atomic E-state index is -0.506. The summed E-state index contributed by atoms with van der Waals surface area (Å²) in [6.45, 7) is 5.87. The molecule has 0 saturated heterocycles. The SMILES string of the molecule is C=CCNC(=O)C(CC)Oc1cccc(Cl)c1. The summed E-state index contributed by atoms with van der Waals surface area (Å²) in [5.41, 5.74) is 0. The highest BCUT2D eigenvalue weighted by molar-refractivity contribution is 6.30. The first kappa shape index (κ1) is 13.6. The smallest absolute Gasteiger partial charge is 0.261 e. The topological polar surface area (TPSA) is 38.3 Å². The van der Waals surface area contributed by atoms with Crippen LogP contribution in [0.3, 0.4) is 0 Å². The Bertz CT molecular complexity index is 393. The van der Waals surface area contributed by atoms with E-state index >= 15 is 0 Å². The van der Waals surface area contributed by atoms with Gasteiger partial charge >= 0.3 is 0 Å². The van der Waals surface area contributed by atoms with Crippen LogP contribution < -0.4 is 10.1 Å². The van der Waals surface area contributed by atoms with Crippen molar-refractivity contribution in [2.24, 2.45) is 0 Å². The highest BCUT2D eigenvalue weighted by Crippen LogP contribution is 2.19. The Morgan fingerprint density at radius 3 is 3.00 bits per heavy atom. The number of halogens is 1. The van der Waals surface area contributed by atoms with Crippen molar-refractivity contribution in [3.05, 3.63) is 41.9 Å². The lowest BCUT2D eigenvalue weighted by Crippen LogP contribution is -2.37. The molecule has 17 heavy (non-hydrogen) atoms. The maximum Gasteiger partial charge on any atom is 0.261 e. The largest absolute Gasteiger partial charge is 0.481 e. The quantitative estimate of drug-likeness (QED) is 0.792. The highest BCUT2D eigenvalue weighted by Gasteiger charge is 2.17. The Kier molecular flexibility index (Phi) is 5.57. The third-order valence-electron chi connectivity index (χ3n) is 2.16. The summed E-state index contributed by atoms with van der Waals surface area (Å²) in [4.78, 5) is 11.7. The van der Waals surface area contributed by atoms with Crippen molar-refractivity contribution in [2.45, 2.75) is 19.4 Å². The number of hydrogen-bond donors (Lipinski definition) is 1. The van der Waals surface area contributed by atoms with Crippen LogP contribution in [0.5, 0.6) is 5.75 Å². The monoisotopic (exact) mass is 253 g/mol. The maximum atomic E-state index is 11.7. The summed E-state index contributed by atoms with van der Waals surface area (Å²) in [5, 5.41) is 3.29. The number of rotatable bonds is 6. The number of ether oxygens (including phenoxy) is 1. The molecular formula is C13H16ClNO2. The number of carbonyl (C=O) groups excluding carboxylic acids is 1. The number of carbonyl (C=O) groups is 1. The lowest BCUT2D eigenvalue weighted by Gasteiger charge is -2.16. The van der Waals surface area contributed by atoms with Crippen molar-refractivity contribution in [3.63, 3.8) is 0 Å². The molecule has 0 aliphatic heterocycles. The van der Waals surface area contributed by atoms with Crippen LogP contribution in [-0.2, 0) is 4.79 Å². The van der Waals surface area contributed by atoms with E-state index in [0.29, 0.717) is 23.7 Å². The average molecular weight is 254 g/mol. The van der Waals surface area contributed by atoms with Gasteiger partial charge in [0.15, 0.2) is 6.10 Å². The Morgan fingerprint density at radius 1 is 1.65 bits per heavy atom. The molecule has 1 unspecified atom stereocenters. The summed E-state index contributed by atoms with van der Waals surface area (Å²) >= 11 is 5.84. The number of nitrogens with one attached hydrogen (secondary N) is 1. The molecule has 0 fully saturated rings. The van der Waals surface area contributed by atoms with Crippen LogP contribution in [0, 0.1) is 0 Å². The number of hydrogen-bond acceptors (Lipinski definition) is 2. The van der Waals surface area contributed by atoms with Crippen LogP contribution in [0.25, 0.3) is 0 Å². The van der Waals surface area contributed by atoms with E-state index in [1.807, 2.05) is 6.92 Å². The van der Waals surface area contributed by atoms with Crippen molar-refractivity contribution in [3.8, 4) is 5.75 Å². The third kappa shape index (κ3) is 4.49. The molecule has 0 aromatic heterocycles. The molecule has 1 N–H and O–H groups in total. The molecule has 1 amide bonds. The number of amides is 1. The second kappa shape index (κ2) is 6.97. The lowest BCUT2D eigenvalue weighted by atomic mass is 10.2. The molecule has 0 saturated carbocycles. The molecule has 1 atom stereocenters. The Balaban J connectivity index is 2.63. The van der Waals surface area contributed by atoms with Crippen LogP contribution in [0.1, 0.15) is 13.3 Å². The fraction of sp³-hybridized carbons (Fsp3) is 0.308. The molecule has 0 aliphatic carbocycles. The Hall–Kier alpha value is -1.48. The molecule has 92 valence electrons. The summed E-state index contributed by atoms with van der Waals surface area (Å²) in [6, 6.07) is 7.00. The van der Waals surface area contributed by atoms with Crippen LogP contribution >= 0.6 is 11.6 Å². The molecule has 0 aliphatic rings. The molecule has 0 spiro atoms. The summed E-state index contributed by atoms with van der Waals surface area (Å²) in [6.07, 6.45) is 1.72. The predicted octanol–water partition coefficient (Wildman–Crippen LogP) is 2.80. The molecule has 0 heterocycles. The second-order valence-electron chi connectivity index (χ2n) is 3.51. The van der Waals surface area contributed by atoms with E-state index in [1.54, 1.807) is 30.3 Å². The molecule has 0 radical (unpaired) electrons. The molecular weight excluding hydrogens is 238 g/mol. The lowest BCUT2D eigenvalue weighted by molar-refractivity contribution is -0.127. The first-order valence-electron chi connectivity index (χ1n) is 5.48. The molecule has 4 heteroatoms. The maximum absolute atomic E-state index is 11.7. The fourth-order valence-electron chi connectivity index (χ4n) is 1.31. The van der Waals surface area contributed by atoms with Crippen LogP contribution in [-0.4, -0.2) is 18.6 Å². The standard InChI is InChI=1S/C13H16ClNO2/c1-3-8-15-13(16)12(4-2)17-11-7-5-6-10(14)9-11/h3,5-7,9,12H,1,4,8H2,2H3,(H,15,16). The van der Waals surface area contributed by atoms with Crippen LogP contribution in [0.2, 0.25) is 5.02 Å². The zero-order valence-electron chi connectivity index (χ0n) is 9.78. The van der Waals surface area contributed by atoms with Crippen molar-refractivity contribution in [1.82, 2.24) is 5.32 Å². The van der Waals surface area contributed by atoms with Gasteiger partial charge < -0.3 is 10.1 Å². The van der Waals surface area contributed by atoms with Crippen LogP contribution in [0.4, 0.5) is 0 Å². The van der Waals surface area contributed by atoms with Gasteiger partial charge in [0.25, 0.3) is 5.91 Å². The Morgan fingerprint density at radius 2 is 2.41 bits per heavy atom. The summed E-state index contributed by atoms with van der Waals surface area (Å²) < 4.78 is 5.57. The zero-order valence-corrected chi connectivity index (χ0v) is 10.5. The van der Waals surface area contributed by atoms with E-state index in [9.17, 15) is 4.79 Å². The normalized spacial score (nSPS) is 11.6. The summed E-state index contributed by atoms with van der Waals surface area (Å²) in [5.74, 6) is 0.450. The van der Waals surface area contributed by atoms with Gasteiger partial charge in [-0.2, -0.15) is 0 Å². The van der Waals surface area contributed by atoms with E-state index in [0.717, 1.165) is 0 Å². The van der Waals surface area contributed by atoms with Gasteiger partial charge in [-0.15, -0.1) is 6.58 Å². The molecule has 1 rings (SSSR count). The minimum absolute atomic E-state index is 0.146. The van der Waals surface area contributed by atoms with Gasteiger partial charge in [0.1, 0.15) is 5.75 Å². The van der Waals surface area contributed by atoms with Gasteiger partial charge in [0, 0.05) is 11.6 Å². The Labute approximate surface area is 106 Å². The van der Waals surface area contributed by atoms with E-state index in [1.165, 1.54) is 0 Å². The van der Waals surface area contributed by atoms with Crippen molar-refractivity contribution in [1.29, 1.82) is 0 Å². The van der Waals surface area contributed by atoms with Gasteiger partial charge in [-0.3, -0.25) is 4.79 Å². The first-order chi connectivity index (χ1) is 8.17. The van der Waals surface area contributed by atoms with E-state index in [-0.39, 0.29) is 5.91 Å². The van der Waals surface area contributed by atoms with Gasteiger partial charge in [-0.05, 0) is 24.6 Å². The van der Waals surface area contributed by atoms with E-state index in [4.69, 9.17) is 16.3 Å². The highest BCUT2D eigenvalue weighted by atomic mass is 35.5. The zero-order chi connectivity index (χ0) is 12.7. The van der Waals surface area contributed by atoms with Gasteiger partial charge in [-0.1, -0.05) is 30.7 Å². The van der Waals surface area contributed by atoms with Gasteiger partial charge in [-0.25, -0.2) is 0 Å². The van der Waals surface area contributed by atoms with Crippen molar-refractivity contribution in [2.75, 3.05) is 6.54 Å². The van der Waals surface area contributed by atoms with E-state index < -0.39 is 6.10 Å². The second-order valence-corrected chi connectivity index (χ2v) is 3.94. The van der Waals surface area contributed by atoms with E-state index in [2.05, 4.69) is 11.9 Å². The molecule has 1 aromatic carbocycles. The average Bonchev–Trinajstić information content (AvgIpc) is 2.33. The summed E-state index contributed by atoms with van der Waals surface area (Å²) in [7, 11) is 0. The molecule has 0 bridgehead atoms. The first-order valence-corrected chi connectivity index (χ1v) is 5.86. The van der Waals surface area contributed by atoms with Gasteiger partial charge in [0.05, 0.1) is 0 Å². The number of benzene rings is 1. The third-order valence-corrected chi connectivity index (χ3v) is 2.39.